The van der Waals surface area contributed by atoms with E-state index in [1.165, 1.54) is 34.6 Å². The Morgan fingerprint density at radius 3 is 2.39 bits per heavy atom. The first-order valence-corrected chi connectivity index (χ1v) is 13.2. The fraction of sp³-hybridized carbons (Fsp3) is 0.333. The lowest BCUT2D eigenvalue weighted by molar-refractivity contribution is -0.140. The SMILES string of the molecule is Cn1cc(C(F)(F)F)nc1-c1ccc(Cn2c(=N)n(C(F)C(F)F)c3cnc(-c4c(OCF)ncnc4C4CC4)nc32)cc1. The van der Waals surface area contributed by atoms with Crippen LogP contribution in [0, 0.1) is 5.41 Å². The van der Waals surface area contributed by atoms with Gasteiger partial charge in [-0.05, 0) is 18.4 Å². The second-order valence-corrected chi connectivity index (χ2v) is 10.1. The van der Waals surface area contributed by atoms with E-state index in [2.05, 4.69) is 24.9 Å². The number of nitrogens with one attached hydrogen (secondary N) is 1. The van der Waals surface area contributed by atoms with Crippen molar-refractivity contribution in [3.8, 4) is 28.7 Å². The smallest absolute Gasteiger partial charge is 0.434 e. The monoisotopic (exact) mass is 621 g/mol. The van der Waals surface area contributed by atoms with Gasteiger partial charge >= 0.3 is 6.18 Å². The lowest BCUT2D eigenvalue weighted by Gasteiger charge is -2.12. The molecule has 17 heteroatoms. The van der Waals surface area contributed by atoms with Crippen LogP contribution in [0.5, 0.6) is 5.88 Å². The number of alkyl halides is 7. The van der Waals surface area contributed by atoms with Gasteiger partial charge in [0.2, 0.25) is 24.7 Å². The van der Waals surface area contributed by atoms with Gasteiger partial charge in [-0.15, -0.1) is 0 Å². The molecule has 0 spiro atoms. The Labute approximate surface area is 243 Å². The summed E-state index contributed by atoms with van der Waals surface area (Å²) in [4.78, 5) is 20.6. The van der Waals surface area contributed by atoms with Crippen LogP contribution in [0.2, 0.25) is 0 Å². The number of fused-ring (bicyclic) bond motifs is 1. The molecule has 1 N–H and O–H groups in total. The fourth-order valence-electron chi connectivity index (χ4n) is 4.94. The molecule has 4 aromatic heterocycles. The molecule has 5 aromatic rings. The summed E-state index contributed by atoms with van der Waals surface area (Å²) < 4.78 is 102. The summed E-state index contributed by atoms with van der Waals surface area (Å²) in [7, 11) is 1.42. The Balaban J connectivity index is 1.44. The molecular weight excluding hydrogens is 599 g/mol. The summed E-state index contributed by atoms with van der Waals surface area (Å²) in [5, 5.41) is 8.58. The molecule has 1 aliphatic carbocycles. The third-order valence-electron chi connectivity index (χ3n) is 7.14. The molecule has 0 bridgehead atoms. The van der Waals surface area contributed by atoms with Crippen LogP contribution in [0.15, 0.2) is 43.0 Å². The number of nitrogens with zero attached hydrogens (tertiary/aromatic N) is 8. The van der Waals surface area contributed by atoms with E-state index < -0.39 is 37.1 Å². The van der Waals surface area contributed by atoms with E-state index in [1.54, 1.807) is 12.1 Å². The number of ether oxygens (including phenoxy) is 1. The predicted molar refractivity (Wildman–Crippen MR) is 140 cm³/mol. The van der Waals surface area contributed by atoms with Crippen LogP contribution < -0.4 is 10.4 Å². The van der Waals surface area contributed by atoms with Crippen molar-refractivity contribution in [3.63, 3.8) is 0 Å². The molecule has 230 valence electrons. The molecule has 10 nitrogen and oxygen atoms in total. The lowest BCUT2D eigenvalue weighted by Crippen LogP contribution is -2.29. The van der Waals surface area contributed by atoms with Crippen molar-refractivity contribution in [2.75, 3.05) is 6.86 Å². The van der Waals surface area contributed by atoms with Gasteiger partial charge in [0.25, 0.3) is 6.43 Å². The van der Waals surface area contributed by atoms with Gasteiger partial charge in [-0.25, -0.2) is 42.5 Å². The minimum atomic E-state index is -4.62. The first-order chi connectivity index (χ1) is 21.0. The molecule has 0 radical (unpaired) electrons. The fourth-order valence-corrected chi connectivity index (χ4v) is 4.94. The van der Waals surface area contributed by atoms with Gasteiger partial charge in [-0.1, -0.05) is 24.3 Å². The summed E-state index contributed by atoms with van der Waals surface area (Å²) in [6, 6.07) is 6.14. The molecule has 6 rings (SSSR count). The average Bonchev–Trinajstić information content (AvgIpc) is 3.70. The number of imidazole rings is 2. The zero-order valence-corrected chi connectivity index (χ0v) is 22.7. The quantitative estimate of drug-likeness (QED) is 0.216. The number of aromatic nitrogens is 8. The highest BCUT2D eigenvalue weighted by Gasteiger charge is 2.35. The zero-order chi connectivity index (χ0) is 31.3. The van der Waals surface area contributed by atoms with Crippen molar-refractivity contribution < 1.29 is 35.5 Å². The molecule has 4 heterocycles. The minimum absolute atomic E-state index is 0.0243. The summed E-state index contributed by atoms with van der Waals surface area (Å²) in [5.74, 6) is -0.0781. The Hall–Kier alpha value is -4.83. The number of hydrogen-bond donors (Lipinski definition) is 1. The van der Waals surface area contributed by atoms with E-state index in [0.717, 1.165) is 25.2 Å². The van der Waals surface area contributed by atoms with Gasteiger partial charge in [0, 0.05) is 24.7 Å². The number of hydrogen-bond acceptors (Lipinski definition) is 7. The molecule has 1 fully saturated rings. The summed E-state index contributed by atoms with van der Waals surface area (Å²) in [6.45, 7) is -1.36. The van der Waals surface area contributed by atoms with E-state index in [9.17, 15) is 30.7 Å². The minimum Gasteiger partial charge on any atom is -0.445 e. The third-order valence-corrected chi connectivity index (χ3v) is 7.14. The van der Waals surface area contributed by atoms with Gasteiger partial charge in [0.15, 0.2) is 17.2 Å². The van der Waals surface area contributed by atoms with Crippen LogP contribution in [0.4, 0.5) is 30.7 Å². The van der Waals surface area contributed by atoms with Crippen molar-refractivity contribution in [2.45, 2.75) is 44.2 Å². The topological polar surface area (TPSA) is 112 Å². The second kappa shape index (κ2) is 11.0. The van der Waals surface area contributed by atoms with Crippen molar-refractivity contribution >= 4 is 11.2 Å². The maximum absolute atomic E-state index is 14.8. The summed E-state index contributed by atoms with van der Waals surface area (Å²) in [6.07, 6.45) is -6.19. The van der Waals surface area contributed by atoms with Gasteiger partial charge in [-0.2, -0.15) is 13.2 Å². The predicted octanol–water partition coefficient (Wildman–Crippen LogP) is 5.55. The molecular formula is C27H22F7N9O. The number of halogens is 7. The lowest BCUT2D eigenvalue weighted by atomic mass is 10.1. The third kappa shape index (κ3) is 5.26. The second-order valence-electron chi connectivity index (χ2n) is 10.1. The summed E-state index contributed by atoms with van der Waals surface area (Å²) in [5.41, 5.74) is -0.407. The number of aryl methyl sites for hydroxylation is 1. The van der Waals surface area contributed by atoms with Crippen molar-refractivity contribution in [1.82, 2.24) is 38.6 Å². The molecule has 44 heavy (non-hydrogen) atoms. The highest BCUT2D eigenvalue weighted by molar-refractivity contribution is 5.76. The largest absolute Gasteiger partial charge is 0.445 e. The first-order valence-electron chi connectivity index (χ1n) is 13.2. The standard InChI is InChI=1S/C27H22F7N9O/c1-41-10-17(27(32,33)34)39-23(41)15-4-2-13(3-5-15)9-42-24-16(43(26(42)35)21(31)20(29)30)8-36-22(40-24)18-19(14-6-7-14)37-12-38-25(18)44-11-28/h2-5,8,10,12,14,20-21,35H,6-7,9,11H2,1H3. The van der Waals surface area contributed by atoms with Crippen LogP contribution in [-0.2, 0) is 19.8 Å². The number of rotatable bonds is 9. The van der Waals surface area contributed by atoms with Crippen LogP contribution in [0.3, 0.4) is 0 Å². The average molecular weight is 622 g/mol. The Morgan fingerprint density at radius 2 is 1.77 bits per heavy atom. The van der Waals surface area contributed by atoms with E-state index >= 15 is 0 Å². The van der Waals surface area contributed by atoms with Crippen molar-refractivity contribution in [1.29, 1.82) is 5.41 Å². The normalized spacial score (nSPS) is 14.5. The van der Waals surface area contributed by atoms with Crippen molar-refractivity contribution in [3.05, 3.63) is 65.6 Å². The van der Waals surface area contributed by atoms with E-state index in [-0.39, 0.29) is 46.7 Å². The number of benzene rings is 1. The van der Waals surface area contributed by atoms with Gasteiger partial charge in [0.05, 0.1) is 18.4 Å². The highest BCUT2D eigenvalue weighted by atomic mass is 19.4. The molecule has 1 aliphatic rings. The van der Waals surface area contributed by atoms with E-state index in [1.807, 2.05) is 0 Å². The molecule has 1 atom stereocenters. The maximum Gasteiger partial charge on any atom is 0.434 e. The van der Waals surface area contributed by atoms with Crippen LogP contribution in [-0.4, -0.2) is 51.9 Å². The molecule has 0 aliphatic heterocycles. The maximum atomic E-state index is 14.8. The molecule has 1 saturated carbocycles. The van der Waals surface area contributed by atoms with Crippen LogP contribution in [0.1, 0.15) is 42.0 Å². The Bertz CT molecular complexity index is 1890. The summed E-state index contributed by atoms with van der Waals surface area (Å²) >= 11 is 0. The van der Waals surface area contributed by atoms with Crippen molar-refractivity contribution in [2.24, 2.45) is 7.05 Å². The molecule has 1 unspecified atom stereocenters. The zero-order valence-electron chi connectivity index (χ0n) is 22.7. The van der Waals surface area contributed by atoms with Crippen LogP contribution in [0.25, 0.3) is 33.9 Å². The van der Waals surface area contributed by atoms with Gasteiger partial charge < -0.3 is 9.30 Å². The molecule has 0 amide bonds. The highest BCUT2D eigenvalue weighted by Crippen LogP contribution is 2.45. The first kappa shape index (κ1) is 29.3. The van der Waals surface area contributed by atoms with Crippen LogP contribution >= 0.6 is 0 Å². The Morgan fingerprint density at radius 1 is 1.05 bits per heavy atom. The van der Waals surface area contributed by atoms with E-state index in [0.29, 0.717) is 21.4 Å². The van der Waals surface area contributed by atoms with Gasteiger partial charge in [-0.3, -0.25) is 14.5 Å². The Kier molecular flexibility index (Phi) is 7.33. The molecule has 0 saturated heterocycles. The van der Waals surface area contributed by atoms with E-state index in [4.69, 9.17) is 10.1 Å². The van der Waals surface area contributed by atoms with Gasteiger partial charge in [0.1, 0.15) is 23.2 Å². The molecule has 1 aromatic carbocycles.